The van der Waals surface area contributed by atoms with Gasteiger partial charge in [-0.25, -0.2) is 0 Å². The first-order valence-electron chi connectivity index (χ1n) is 1.34. The van der Waals surface area contributed by atoms with E-state index in [1.165, 1.54) is 0 Å². The van der Waals surface area contributed by atoms with Gasteiger partial charge in [0.2, 0.25) is 0 Å². The molecule has 66 valence electrons. The Bertz CT molecular complexity index is 106. The summed E-state index contributed by atoms with van der Waals surface area (Å²) >= 11 is 0. The van der Waals surface area contributed by atoms with Gasteiger partial charge in [-0.1, -0.05) is 0 Å². The molecule has 0 spiro atoms. The van der Waals surface area contributed by atoms with Crippen molar-refractivity contribution in [1.82, 2.24) is 0 Å². The first-order valence-corrected chi connectivity index (χ1v) is 1.34. The normalized spacial score (nSPS) is 0.750. The van der Waals surface area contributed by atoms with Gasteiger partial charge >= 0.3 is 169 Å². The summed E-state index contributed by atoms with van der Waals surface area (Å²) in [5, 5.41) is 37.5. The van der Waals surface area contributed by atoms with Crippen LogP contribution >= 0.6 is 0 Å². The summed E-state index contributed by atoms with van der Waals surface area (Å²) in [6.07, 6.45) is 0. The number of rotatable bonds is 0. The van der Waals surface area contributed by atoms with E-state index in [1.54, 1.807) is 0 Å². The van der Waals surface area contributed by atoms with Crippen LogP contribution in [0.5, 0.6) is 0 Å². The third-order valence-electron chi connectivity index (χ3n) is 0. The zero-order valence-electron chi connectivity index (χ0n) is 8.74. The molecule has 0 aliphatic heterocycles. The van der Waals surface area contributed by atoms with Crippen molar-refractivity contribution < 1.29 is 120 Å². The van der Waals surface area contributed by atoms with E-state index in [0.29, 0.717) is 0 Å². The van der Waals surface area contributed by atoms with E-state index in [-0.39, 0.29) is 169 Å². The predicted octanol–water partition coefficient (Wildman–Crippen LogP) is -5.80. The van der Waals surface area contributed by atoms with Crippen molar-refractivity contribution in [3.8, 4) is 0 Å². The van der Waals surface area contributed by atoms with E-state index in [9.17, 15) is 0 Å². The van der Waals surface area contributed by atoms with Crippen LogP contribution in [-0.2, 0) is 17.1 Å². The fourth-order valence-electron chi connectivity index (χ4n) is 0. The minimum absolute atomic E-state index is 0. The predicted molar refractivity (Wildman–Crippen MR) is 35.6 cm³/mol. The summed E-state index contributed by atoms with van der Waals surface area (Å²) in [5.41, 5.74) is 0. The van der Waals surface area contributed by atoms with Gasteiger partial charge in [-0.05, 0) is 0 Å². The van der Waals surface area contributed by atoms with Gasteiger partial charge in [-0.2, -0.15) is 0 Å². The van der Waals surface area contributed by atoms with Crippen LogP contribution in [0.3, 0.4) is 0 Å². The van der Waals surface area contributed by atoms with E-state index in [1.807, 2.05) is 0 Å². The van der Waals surface area contributed by atoms with Crippen molar-refractivity contribution in [2.45, 2.75) is 0 Å². The Morgan fingerprint density at radius 1 is 0.375 bits per heavy atom. The van der Waals surface area contributed by atoms with Gasteiger partial charge in [0.1, 0.15) is 0 Å². The second kappa shape index (κ2) is 867. The number of hydrogen-bond donors (Lipinski definition) is 0. The number of hydrogen-bond acceptors (Lipinski definition) is 6. The number of nitrogens with zero attached hydrogens (tertiary/aromatic N) is 6. The van der Waals surface area contributed by atoms with Crippen molar-refractivity contribution >= 4 is 48.9 Å². The third kappa shape index (κ3) is 720. The third-order valence-corrected chi connectivity index (χ3v) is 0. The van der Waals surface area contributed by atoms with E-state index >= 15 is 0 Å². The van der Waals surface area contributed by atoms with Gasteiger partial charge in [0, 0.05) is 0 Å². The standard InChI is InChI=1S/6CN.Ba.Fe.2K/c6*1-2;;;;/q6*-1;2*+2;2*+1. The molecule has 0 heterocycles. The average Bonchev–Trinajstić information content (AvgIpc) is 2.33. The molecule has 0 atom stereocenters. The second-order valence-electron chi connectivity index (χ2n) is 0. The molecule has 0 bridgehead atoms. The topological polar surface area (TPSA) is 143 Å². The van der Waals surface area contributed by atoms with Crippen LogP contribution in [0.2, 0.25) is 0 Å². The molecule has 0 amide bonds. The Hall–Kier alpha value is 2.30. The Kier molecular flexibility index (Phi) is 4310. The van der Waals surface area contributed by atoms with Gasteiger partial charge in [0.15, 0.2) is 0 Å². The Balaban J connectivity index is -0.00000000321. The molecule has 6 nitrogen and oxygen atoms in total. The summed E-state index contributed by atoms with van der Waals surface area (Å²) in [7, 11) is 0. The molecular weight excluding hydrogens is 427 g/mol. The van der Waals surface area contributed by atoms with Gasteiger partial charge in [-0.3, -0.25) is 0 Å². The van der Waals surface area contributed by atoms with Crippen LogP contribution in [0, 0.1) is 71.0 Å². The molecule has 0 aliphatic rings. The van der Waals surface area contributed by atoms with Crippen molar-refractivity contribution in [3.63, 3.8) is 0 Å². The Morgan fingerprint density at radius 3 is 0.375 bits per heavy atom. The van der Waals surface area contributed by atoms with Crippen LogP contribution in [-0.4, -0.2) is 48.9 Å². The molecule has 0 aromatic heterocycles. The zero-order chi connectivity index (χ0) is 12.0. The van der Waals surface area contributed by atoms with E-state index < -0.39 is 0 Å². The van der Waals surface area contributed by atoms with Crippen molar-refractivity contribution in [3.05, 3.63) is 39.4 Å². The zero-order valence-corrected chi connectivity index (χ0v) is 20.5. The SMILES string of the molecule is [Ba+2].[C-]#N.[C-]#N.[C-]#N.[C-]#N.[C-]#N.[C-]#N.[Fe+2].[K+].[K+]. The Labute approximate surface area is 233 Å². The summed E-state index contributed by atoms with van der Waals surface area (Å²) in [6, 6.07) is 0. The summed E-state index contributed by atoms with van der Waals surface area (Å²) in [6.45, 7) is 28.5. The molecule has 0 unspecified atom stereocenters. The van der Waals surface area contributed by atoms with Crippen molar-refractivity contribution in [1.29, 1.82) is 31.6 Å². The largest absolute Gasteiger partial charge is 2.00 e. The van der Waals surface area contributed by atoms with Gasteiger partial charge in [-0.15, -0.1) is 0 Å². The van der Waals surface area contributed by atoms with E-state index in [0.717, 1.165) is 0 Å². The molecule has 0 aliphatic carbocycles. The average molecular weight is 427 g/mol. The molecule has 0 aromatic rings. The van der Waals surface area contributed by atoms with Gasteiger partial charge in [0.25, 0.3) is 0 Å². The van der Waals surface area contributed by atoms with E-state index in [2.05, 4.69) is 0 Å². The van der Waals surface area contributed by atoms with Crippen LogP contribution in [0.15, 0.2) is 0 Å². The molecule has 0 radical (unpaired) electrons. The fraction of sp³-hybridized carbons (Fsp3) is 0. The summed E-state index contributed by atoms with van der Waals surface area (Å²) < 4.78 is 0. The molecule has 16 heavy (non-hydrogen) atoms. The molecule has 0 fully saturated rings. The monoisotopic (exact) mass is 428 g/mol. The molecule has 0 rings (SSSR count). The van der Waals surface area contributed by atoms with Crippen molar-refractivity contribution in [2.24, 2.45) is 0 Å². The maximum atomic E-state index is 6.25. The maximum Gasteiger partial charge on any atom is 2.00 e. The first kappa shape index (κ1) is 79.5. The molecule has 0 saturated heterocycles. The van der Waals surface area contributed by atoms with Crippen LogP contribution in [0.4, 0.5) is 0 Å². The van der Waals surface area contributed by atoms with Crippen molar-refractivity contribution in [2.75, 3.05) is 0 Å². The quantitative estimate of drug-likeness (QED) is 0.278. The smallest absolute Gasteiger partial charge is 0.512 e. The molecular formula is C6BaFeK2N6. The minimum Gasteiger partial charge on any atom is -0.512 e. The molecule has 0 aromatic carbocycles. The Morgan fingerprint density at radius 2 is 0.375 bits per heavy atom. The molecule has 0 saturated carbocycles. The molecule has 0 N–H and O–H groups in total. The maximum absolute atomic E-state index is 6.25. The fourth-order valence-corrected chi connectivity index (χ4v) is 0. The van der Waals surface area contributed by atoms with E-state index in [4.69, 9.17) is 71.0 Å². The van der Waals surface area contributed by atoms with Crippen LogP contribution < -0.4 is 103 Å². The van der Waals surface area contributed by atoms with Gasteiger partial charge < -0.3 is 71.0 Å². The summed E-state index contributed by atoms with van der Waals surface area (Å²) in [5.74, 6) is 0. The van der Waals surface area contributed by atoms with Crippen LogP contribution in [0.1, 0.15) is 0 Å². The van der Waals surface area contributed by atoms with Crippen LogP contribution in [0.25, 0.3) is 0 Å². The second-order valence-corrected chi connectivity index (χ2v) is 0. The first-order chi connectivity index (χ1) is 6.00. The van der Waals surface area contributed by atoms with Gasteiger partial charge in [0.05, 0.1) is 0 Å². The summed E-state index contributed by atoms with van der Waals surface area (Å²) in [4.78, 5) is 0. The minimum atomic E-state index is 0. The molecule has 10 heteroatoms.